The molecule has 0 aromatic carbocycles. The third kappa shape index (κ3) is 3.18. The number of hydrogen-bond donors (Lipinski definition) is 1. The Balaban J connectivity index is 3.04. The van der Waals surface area contributed by atoms with E-state index in [9.17, 15) is 4.79 Å². The summed E-state index contributed by atoms with van der Waals surface area (Å²) in [6.07, 6.45) is 2.98. The van der Waals surface area contributed by atoms with E-state index in [1.807, 2.05) is 11.8 Å². The van der Waals surface area contributed by atoms with Gasteiger partial charge in [0.1, 0.15) is 0 Å². The Morgan fingerprint density at radius 1 is 1.71 bits per heavy atom. The standard InChI is InChI=1S/C12H15N3O2/c1-3-15(8-9(2)6-13)11-7-14-5-4-10(11)12(16)17/h4-5,7,9H,3,8H2,1-2H3,(H,16,17). The quantitative estimate of drug-likeness (QED) is 0.838. The molecule has 0 aliphatic heterocycles. The summed E-state index contributed by atoms with van der Waals surface area (Å²) in [5.74, 6) is -1.14. The minimum absolute atomic E-state index is 0.156. The summed E-state index contributed by atoms with van der Waals surface area (Å²) in [6.45, 7) is 4.86. The van der Waals surface area contributed by atoms with Crippen molar-refractivity contribution < 1.29 is 9.90 Å². The second-order valence-corrected chi connectivity index (χ2v) is 3.77. The molecule has 5 nitrogen and oxygen atoms in total. The summed E-state index contributed by atoms with van der Waals surface area (Å²) in [6, 6.07) is 3.61. The van der Waals surface area contributed by atoms with Crippen LogP contribution in [-0.2, 0) is 0 Å². The van der Waals surface area contributed by atoms with Gasteiger partial charge in [0.15, 0.2) is 0 Å². The van der Waals surface area contributed by atoms with Crippen LogP contribution in [0.5, 0.6) is 0 Å². The zero-order valence-corrected chi connectivity index (χ0v) is 9.92. The minimum Gasteiger partial charge on any atom is -0.478 e. The first-order chi connectivity index (χ1) is 8.10. The molecule has 1 unspecified atom stereocenters. The normalized spacial score (nSPS) is 11.6. The van der Waals surface area contributed by atoms with Crippen molar-refractivity contribution in [3.05, 3.63) is 24.0 Å². The number of pyridine rings is 1. The van der Waals surface area contributed by atoms with E-state index in [-0.39, 0.29) is 11.5 Å². The van der Waals surface area contributed by atoms with Crippen molar-refractivity contribution in [2.75, 3.05) is 18.0 Å². The number of carbonyl (C=O) groups is 1. The van der Waals surface area contributed by atoms with Gasteiger partial charge in [-0.15, -0.1) is 0 Å². The fourth-order valence-corrected chi connectivity index (χ4v) is 1.59. The van der Waals surface area contributed by atoms with E-state index in [1.54, 1.807) is 6.92 Å². The summed E-state index contributed by atoms with van der Waals surface area (Å²) < 4.78 is 0. The van der Waals surface area contributed by atoms with Gasteiger partial charge >= 0.3 is 5.97 Å². The largest absolute Gasteiger partial charge is 0.478 e. The summed E-state index contributed by atoms with van der Waals surface area (Å²) in [5, 5.41) is 17.9. The molecule has 0 fully saturated rings. The number of aromatic nitrogens is 1. The van der Waals surface area contributed by atoms with Gasteiger partial charge in [-0.1, -0.05) is 0 Å². The molecule has 5 heteroatoms. The topological polar surface area (TPSA) is 77.2 Å². The molecule has 0 saturated carbocycles. The van der Waals surface area contributed by atoms with E-state index >= 15 is 0 Å². The van der Waals surface area contributed by atoms with Crippen LogP contribution in [0.25, 0.3) is 0 Å². The van der Waals surface area contributed by atoms with Crippen LogP contribution in [0.4, 0.5) is 5.69 Å². The van der Waals surface area contributed by atoms with Gasteiger partial charge in [0.25, 0.3) is 0 Å². The van der Waals surface area contributed by atoms with Crippen LogP contribution in [0, 0.1) is 17.2 Å². The summed E-state index contributed by atoms with van der Waals surface area (Å²) in [4.78, 5) is 16.9. The maximum absolute atomic E-state index is 11.1. The van der Waals surface area contributed by atoms with Crippen LogP contribution in [0.1, 0.15) is 24.2 Å². The third-order valence-electron chi connectivity index (χ3n) is 2.47. The highest BCUT2D eigenvalue weighted by molar-refractivity contribution is 5.94. The lowest BCUT2D eigenvalue weighted by atomic mass is 10.1. The molecule has 1 atom stereocenters. The maximum atomic E-state index is 11.1. The average molecular weight is 233 g/mol. The van der Waals surface area contributed by atoms with E-state index in [4.69, 9.17) is 10.4 Å². The molecule has 0 saturated heterocycles. The lowest BCUT2D eigenvalue weighted by Gasteiger charge is -2.25. The van der Waals surface area contributed by atoms with Gasteiger partial charge in [0.05, 0.1) is 29.4 Å². The highest BCUT2D eigenvalue weighted by atomic mass is 16.4. The molecule has 1 rings (SSSR count). The summed E-state index contributed by atoms with van der Waals surface area (Å²) in [7, 11) is 0. The van der Waals surface area contributed by atoms with Gasteiger partial charge in [-0.3, -0.25) is 4.98 Å². The van der Waals surface area contributed by atoms with Crippen LogP contribution in [0.15, 0.2) is 18.5 Å². The first-order valence-corrected chi connectivity index (χ1v) is 5.42. The number of rotatable bonds is 5. The van der Waals surface area contributed by atoms with Crippen LogP contribution in [-0.4, -0.2) is 29.1 Å². The SMILES string of the molecule is CCN(CC(C)C#N)c1cnccc1C(=O)O. The molecule has 1 N–H and O–H groups in total. The number of carboxylic acid groups (broad SMARTS) is 1. The third-order valence-corrected chi connectivity index (χ3v) is 2.47. The molecule has 17 heavy (non-hydrogen) atoms. The Morgan fingerprint density at radius 2 is 2.41 bits per heavy atom. The predicted molar refractivity (Wildman–Crippen MR) is 63.9 cm³/mol. The van der Waals surface area contributed by atoms with Crippen LogP contribution >= 0.6 is 0 Å². The van der Waals surface area contributed by atoms with E-state index in [2.05, 4.69) is 11.1 Å². The van der Waals surface area contributed by atoms with Crippen molar-refractivity contribution in [3.63, 3.8) is 0 Å². The predicted octanol–water partition coefficient (Wildman–Crippen LogP) is 1.77. The first-order valence-electron chi connectivity index (χ1n) is 5.42. The molecule has 1 aromatic heterocycles. The highest BCUT2D eigenvalue weighted by Crippen LogP contribution is 2.20. The van der Waals surface area contributed by atoms with Gasteiger partial charge in [0.2, 0.25) is 0 Å². The number of nitriles is 1. The van der Waals surface area contributed by atoms with Crippen LogP contribution in [0.2, 0.25) is 0 Å². The van der Waals surface area contributed by atoms with Crippen molar-refractivity contribution in [2.45, 2.75) is 13.8 Å². The molecule has 0 bridgehead atoms. The lowest BCUT2D eigenvalue weighted by molar-refractivity contribution is 0.0697. The average Bonchev–Trinajstić information content (AvgIpc) is 2.35. The van der Waals surface area contributed by atoms with Crippen LogP contribution < -0.4 is 4.90 Å². The highest BCUT2D eigenvalue weighted by Gasteiger charge is 2.16. The van der Waals surface area contributed by atoms with Crippen molar-refractivity contribution in [1.29, 1.82) is 5.26 Å². The zero-order chi connectivity index (χ0) is 12.8. The number of nitrogens with zero attached hydrogens (tertiary/aromatic N) is 3. The molecule has 0 aliphatic rings. The number of aromatic carboxylic acids is 1. The second-order valence-electron chi connectivity index (χ2n) is 3.77. The molecular weight excluding hydrogens is 218 g/mol. The first kappa shape index (κ1) is 13.0. The molecule has 90 valence electrons. The van der Waals surface area contributed by atoms with Crippen molar-refractivity contribution in [3.8, 4) is 6.07 Å². The Kier molecular flexibility index (Phi) is 4.46. The fraction of sp³-hybridized carbons (Fsp3) is 0.417. The van der Waals surface area contributed by atoms with Gasteiger partial charge in [-0.2, -0.15) is 5.26 Å². The van der Waals surface area contributed by atoms with Gasteiger partial charge in [-0.25, -0.2) is 4.79 Å². The molecule has 1 heterocycles. The van der Waals surface area contributed by atoms with E-state index < -0.39 is 5.97 Å². The zero-order valence-electron chi connectivity index (χ0n) is 9.92. The number of anilines is 1. The minimum atomic E-state index is -0.981. The summed E-state index contributed by atoms with van der Waals surface area (Å²) >= 11 is 0. The van der Waals surface area contributed by atoms with Crippen molar-refractivity contribution in [1.82, 2.24) is 4.98 Å². The lowest BCUT2D eigenvalue weighted by Crippen LogP contribution is -2.29. The molecule has 1 aromatic rings. The molecule has 0 aliphatic carbocycles. The summed E-state index contributed by atoms with van der Waals surface area (Å²) in [5.41, 5.74) is 0.775. The van der Waals surface area contributed by atoms with Gasteiger partial charge < -0.3 is 10.0 Å². The van der Waals surface area contributed by atoms with Gasteiger partial charge in [-0.05, 0) is 19.9 Å². The smallest absolute Gasteiger partial charge is 0.337 e. The fourth-order valence-electron chi connectivity index (χ4n) is 1.59. The molecule has 0 spiro atoms. The van der Waals surface area contributed by atoms with Crippen molar-refractivity contribution in [2.24, 2.45) is 5.92 Å². The van der Waals surface area contributed by atoms with E-state index in [0.29, 0.717) is 18.8 Å². The maximum Gasteiger partial charge on any atom is 0.337 e. The Labute approximate surface area is 100 Å². The van der Waals surface area contributed by atoms with Gasteiger partial charge in [0, 0.05) is 19.3 Å². The van der Waals surface area contributed by atoms with Crippen LogP contribution in [0.3, 0.4) is 0 Å². The number of hydrogen-bond acceptors (Lipinski definition) is 4. The molecule has 0 radical (unpaired) electrons. The van der Waals surface area contributed by atoms with E-state index in [0.717, 1.165) is 0 Å². The second kappa shape index (κ2) is 5.85. The monoisotopic (exact) mass is 233 g/mol. The van der Waals surface area contributed by atoms with Crippen molar-refractivity contribution >= 4 is 11.7 Å². The molecular formula is C12H15N3O2. The van der Waals surface area contributed by atoms with E-state index in [1.165, 1.54) is 18.5 Å². The Bertz CT molecular complexity index is 440. The Morgan fingerprint density at radius 3 is 2.94 bits per heavy atom. The number of carboxylic acids is 1. The Hall–Kier alpha value is -2.09. The molecule has 0 amide bonds.